The minimum Gasteiger partial charge on any atom is -0.508 e. The van der Waals surface area contributed by atoms with Crippen molar-refractivity contribution in [1.82, 2.24) is 42.5 Å². The molecule has 8 amide bonds. The van der Waals surface area contributed by atoms with E-state index in [9.17, 15) is 93.3 Å². The van der Waals surface area contributed by atoms with Crippen LogP contribution in [0.15, 0.2) is 72.8 Å². The molecule has 0 saturated heterocycles. The predicted molar refractivity (Wildman–Crippen MR) is 281 cm³/mol. The zero-order valence-corrected chi connectivity index (χ0v) is 43.6. The highest BCUT2D eigenvalue weighted by Gasteiger charge is 2.34. The monoisotopic (exact) mass is 1140 g/mol. The Morgan fingerprint density at radius 1 is 0.405 bits per heavy atom. The highest BCUT2D eigenvalue weighted by atomic mass is 32.1. The summed E-state index contributed by atoms with van der Waals surface area (Å²) < 4.78 is 0. The lowest BCUT2D eigenvalue weighted by Gasteiger charge is -2.26. The van der Waals surface area contributed by atoms with E-state index >= 15 is 0 Å². The van der Waals surface area contributed by atoms with Crippen molar-refractivity contribution in [1.29, 1.82) is 0 Å². The molecule has 3 rings (SSSR count). The number of benzene rings is 3. The molecule has 0 bridgehead atoms. The normalized spacial score (nSPS) is 13.9. The number of hydrogen-bond donors (Lipinski definition) is 18. The fourth-order valence-corrected chi connectivity index (χ4v) is 7.66. The topological polar surface area (TPSA) is 469 Å². The van der Waals surface area contributed by atoms with Gasteiger partial charge in [0, 0.05) is 37.2 Å². The molecule has 0 saturated carbocycles. The van der Waals surface area contributed by atoms with Gasteiger partial charge in [0.25, 0.3) is 0 Å². The van der Waals surface area contributed by atoms with Gasteiger partial charge in [0.2, 0.25) is 47.3 Å². The van der Waals surface area contributed by atoms with Crippen molar-refractivity contribution >= 4 is 96.4 Å². The number of carbonyl (C=O) groups is 12. The number of carbonyl (C=O) groups excluding carboxylic acids is 8. The van der Waals surface area contributed by atoms with Gasteiger partial charge < -0.3 is 84.0 Å². The SMILES string of the molecule is N[C@@H](Cc1ccc(O)cc1)C(=O)N[C@@H](CS)C(=O)N[C@@H](CC(=O)O)C(=O)N[C@@H](CCC(=O)O)C(=O)NCC(=O)N[C@@H](CCC(=O)O)C(=O)N[C@@H](Cc1ccc(O)cc1)C(=O)N[C@@H](CS)C(=O)N[C@@H](Cc1ccc(O)cc1)C(=O)O. The molecule has 428 valence electrons. The fraction of sp³-hybridized carbons (Fsp3) is 0.388. The summed E-state index contributed by atoms with van der Waals surface area (Å²) in [7, 11) is 0. The van der Waals surface area contributed by atoms with Crippen LogP contribution < -0.4 is 48.3 Å². The molecule has 3 aromatic carbocycles. The molecular weight excluding hydrogens is 1080 g/mol. The fourth-order valence-electron chi connectivity index (χ4n) is 7.15. The maximum absolute atomic E-state index is 13.9. The van der Waals surface area contributed by atoms with Gasteiger partial charge >= 0.3 is 23.9 Å². The molecule has 30 heteroatoms. The quantitative estimate of drug-likeness (QED) is 0.0267. The van der Waals surface area contributed by atoms with Crippen LogP contribution in [-0.4, -0.2) is 173 Å². The van der Waals surface area contributed by atoms with E-state index in [-0.39, 0.29) is 42.3 Å². The maximum Gasteiger partial charge on any atom is 0.326 e. The lowest BCUT2D eigenvalue weighted by atomic mass is 10.0. The van der Waals surface area contributed by atoms with Gasteiger partial charge in [-0.15, -0.1) is 0 Å². The Hall–Kier alpha value is -8.64. The highest BCUT2D eigenvalue weighted by molar-refractivity contribution is 7.80. The molecule has 3 aromatic rings. The first kappa shape index (κ1) is 64.6. The van der Waals surface area contributed by atoms with Crippen molar-refractivity contribution in [3.05, 3.63) is 89.5 Å². The summed E-state index contributed by atoms with van der Waals surface area (Å²) in [6, 6.07) is 3.57. The van der Waals surface area contributed by atoms with Gasteiger partial charge in [-0.05, 0) is 72.4 Å². The molecule has 28 nitrogen and oxygen atoms in total. The Morgan fingerprint density at radius 3 is 1.18 bits per heavy atom. The molecular formula is C49H61N9O19S2. The molecule has 0 fully saturated rings. The lowest BCUT2D eigenvalue weighted by molar-refractivity contribution is -0.142. The van der Waals surface area contributed by atoms with Crippen molar-refractivity contribution in [2.45, 2.75) is 99.7 Å². The van der Waals surface area contributed by atoms with E-state index in [2.05, 4.69) is 67.8 Å². The number of thiol groups is 2. The summed E-state index contributed by atoms with van der Waals surface area (Å²) in [5, 5.41) is 85.3. The third-order valence-corrected chi connectivity index (χ3v) is 12.1. The van der Waals surface area contributed by atoms with Crippen LogP contribution in [0.3, 0.4) is 0 Å². The second-order valence-corrected chi connectivity index (χ2v) is 18.3. The third kappa shape index (κ3) is 23.2. The minimum atomic E-state index is -1.96. The molecule has 0 aliphatic carbocycles. The first-order valence-electron chi connectivity index (χ1n) is 23.9. The van der Waals surface area contributed by atoms with Gasteiger partial charge in [0.05, 0.1) is 19.0 Å². The zero-order valence-electron chi connectivity index (χ0n) is 41.8. The van der Waals surface area contributed by atoms with E-state index in [4.69, 9.17) is 5.73 Å². The van der Waals surface area contributed by atoms with E-state index in [1.165, 1.54) is 72.8 Å². The number of aliphatic carboxylic acids is 4. The van der Waals surface area contributed by atoms with Gasteiger partial charge in [-0.25, -0.2) is 4.79 Å². The number of rotatable bonds is 33. The average Bonchev–Trinajstić information content (AvgIpc) is 3.39. The van der Waals surface area contributed by atoms with E-state index in [1.807, 2.05) is 0 Å². The average molecular weight is 1140 g/mol. The largest absolute Gasteiger partial charge is 0.508 e. The number of phenolic OH excluding ortho intramolecular Hbond substituents is 3. The predicted octanol–water partition coefficient (Wildman–Crippen LogP) is -3.18. The van der Waals surface area contributed by atoms with Crippen LogP contribution in [0.1, 0.15) is 48.8 Å². The summed E-state index contributed by atoms with van der Waals surface area (Å²) in [4.78, 5) is 155. The van der Waals surface area contributed by atoms with E-state index in [1.54, 1.807) is 0 Å². The standard InChI is InChI=1S/C49H61N9O19S2/c50-30(17-24-1-7-27(59)8-2-24)42(69)57-36(22-78)47(74)55-34(20-41(67)68)46(73)53-31(13-15-39(63)64)43(70)51-21-38(62)52-32(14-16-40(65)66)44(71)54-33(18-25-3-9-28(60)10-4-25)45(72)58-37(23-79)48(75)56-35(49(76)77)19-26-5-11-29(61)12-6-26/h1-12,30-37,59-61,78-79H,13-23,50H2,(H,51,70)(H,52,62)(H,53,73)(H,54,71)(H,55,74)(H,56,75)(H,57,69)(H,58,72)(H,63,64)(H,65,66)(H,67,68)(H,76,77)/t30-,31-,32-,33-,34-,35-,36-,37-/m0/s1. The number of aromatic hydroxyl groups is 3. The van der Waals surface area contributed by atoms with Gasteiger partial charge in [-0.3, -0.25) is 52.7 Å². The first-order chi connectivity index (χ1) is 37.3. The number of nitrogens with two attached hydrogens (primary N) is 1. The van der Waals surface area contributed by atoms with Gasteiger partial charge in [0.1, 0.15) is 59.5 Å². The Balaban J connectivity index is 1.76. The van der Waals surface area contributed by atoms with Crippen LogP contribution in [-0.2, 0) is 76.8 Å². The summed E-state index contributed by atoms with van der Waals surface area (Å²) in [6.45, 7) is -1.02. The Kier molecular flexibility index (Phi) is 26.3. The van der Waals surface area contributed by atoms with Crippen molar-refractivity contribution in [3.63, 3.8) is 0 Å². The third-order valence-electron chi connectivity index (χ3n) is 11.4. The molecule has 79 heavy (non-hydrogen) atoms. The van der Waals surface area contributed by atoms with Gasteiger partial charge in [0.15, 0.2) is 0 Å². The van der Waals surface area contributed by atoms with Crippen LogP contribution in [0.4, 0.5) is 0 Å². The smallest absolute Gasteiger partial charge is 0.326 e. The molecule has 0 aromatic heterocycles. The molecule has 0 aliphatic rings. The summed E-state index contributed by atoms with van der Waals surface area (Å²) in [5.74, 6) is -15.9. The molecule has 0 spiro atoms. The highest BCUT2D eigenvalue weighted by Crippen LogP contribution is 2.15. The van der Waals surface area contributed by atoms with Crippen molar-refractivity contribution in [2.24, 2.45) is 5.73 Å². The maximum atomic E-state index is 13.9. The Labute approximate surface area is 460 Å². The second kappa shape index (κ2) is 32.2. The Morgan fingerprint density at radius 2 is 0.747 bits per heavy atom. The molecule has 0 heterocycles. The number of amides is 8. The van der Waals surface area contributed by atoms with Gasteiger partial charge in [-0.1, -0.05) is 36.4 Å². The van der Waals surface area contributed by atoms with Crippen LogP contribution in [0, 0.1) is 0 Å². The lowest BCUT2D eigenvalue weighted by Crippen LogP contribution is -2.59. The summed E-state index contributed by atoms with van der Waals surface area (Å²) >= 11 is 8.19. The number of carboxylic acid groups (broad SMARTS) is 4. The number of hydrogen-bond acceptors (Lipinski definition) is 18. The van der Waals surface area contributed by atoms with E-state index < -0.39 is 164 Å². The summed E-state index contributed by atoms with van der Waals surface area (Å²) in [5.41, 5.74) is 7.30. The Bertz CT molecular complexity index is 2670. The molecule has 8 atom stereocenters. The van der Waals surface area contributed by atoms with Gasteiger partial charge in [-0.2, -0.15) is 25.3 Å². The van der Waals surface area contributed by atoms with E-state index in [0.717, 1.165) is 0 Å². The molecule has 0 aliphatic heterocycles. The minimum absolute atomic E-state index is 0.0303. The number of carboxylic acids is 4. The van der Waals surface area contributed by atoms with E-state index in [0.29, 0.717) is 16.7 Å². The second-order valence-electron chi connectivity index (χ2n) is 17.6. The van der Waals surface area contributed by atoms with Crippen molar-refractivity contribution in [3.8, 4) is 17.2 Å². The van der Waals surface area contributed by atoms with Crippen LogP contribution >= 0.6 is 25.3 Å². The number of nitrogens with one attached hydrogen (secondary N) is 8. The zero-order chi connectivity index (χ0) is 58.9. The molecule has 0 radical (unpaired) electrons. The first-order valence-corrected chi connectivity index (χ1v) is 25.1. The summed E-state index contributed by atoms with van der Waals surface area (Å²) in [6.07, 6.45) is -4.52. The van der Waals surface area contributed by atoms with Crippen molar-refractivity contribution < 1.29 is 93.3 Å². The van der Waals surface area contributed by atoms with Crippen molar-refractivity contribution in [2.75, 3.05) is 18.1 Å². The van der Waals surface area contributed by atoms with Crippen LogP contribution in [0.25, 0.3) is 0 Å². The molecule has 0 unspecified atom stereocenters. The number of phenols is 3. The van der Waals surface area contributed by atoms with Crippen LogP contribution in [0.5, 0.6) is 17.2 Å². The van der Waals surface area contributed by atoms with Crippen LogP contribution in [0.2, 0.25) is 0 Å². The molecule has 17 N–H and O–H groups in total.